The zero-order valence-electron chi connectivity index (χ0n) is 9.61. The molecule has 3 heteroatoms. The molecule has 3 rings (SSSR count). The molecular weight excluding hydrogens is 200 g/mol. The van der Waals surface area contributed by atoms with E-state index in [0.717, 1.165) is 24.2 Å². The number of nitrogens with one attached hydrogen (secondary N) is 1. The molecule has 2 fully saturated rings. The van der Waals surface area contributed by atoms with Crippen molar-refractivity contribution in [3.63, 3.8) is 0 Å². The predicted octanol–water partition coefficient (Wildman–Crippen LogP) is 1.49. The Labute approximate surface area is 95.9 Å². The topological polar surface area (TPSA) is 45.1 Å². The Bertz CT molecular complexity index is 393. The molecule has 0 aromatic carbocycles. The average Bonchev–Trinajstić information content (AvgIpc) is 2.59. The molecule has 0 saturated carbocycles. The molecule has 16 heavy (non-hydrogen) atoms. The molecule has 0 amide bonds. The highest BCUT2D eigenvalue weighted by molar-refractivity contribution is 5.19. The summed E-state index contributed by atoms with van der Waals surface area (Å²) in [6.07, 6.45) is 4.00. The number of fused-ring (bicyclic) bond motifs is 2. The predicted molar refractivity (Wildman–Crippen MR) is 62.1 cm³/mol. The number of aromatic nitrogens is 1. The Balaban J connectivity index is 1.93. The first-order chi connectivity index (χ1) is 7.66. The quantitative estimate of drug-likeness (QED) is 0.750. The summed E-state index contributed by atoms with van der Waals surface area (Å²) in [5.41, 5.74) is 1.13. The van der Waals surface area contributed by atoms with E-state index in [4.69, 9.17) is 0 Å². The number of piperidine rings is 1. The lowest BCUT2D eigenvalue weighted by Crippen LogP contribution is -2.47. The highest BCUT2D eigenvalue weighted by Gasteiger charge is 2.44. The molecule has 2 atom stereocenters. The first-order valence-electron chi connectivity index (χ1n) is 6.08. The molecule has 2 N–H and O–H groups in total. The van der Waals surface area contributed by atoms with Crippen LogP contribution in [-0.2, 0) is 5.60 Å². The van der Waals surface area contributed by atoms with Gasteiger partial charge in [0.1, 0.15) is 5.60 Å². The number of nitrogens with zero attached hydrogens (tertiary/aromatic N) is 1. The molecule has 0 aliphatic carbocycles. The Morgan fingerprint density at radius 1 is 1.31 bits per heavy atom. The third kappa shape index (κ3) is 1.64. The van der Waals surface area contributed by atoms with E-state index in [0.29, 0.717) is 12.1 Å². The molecule has 1 aromatic heterocycles. The van der Waals surface area contributed by atoms with E-state index in [1.54, 1.807) is 0 Å². The minimum absolute atomic E-state index is 0.478. The van der Waals surface area contributed by atoms with Crippen LogP contribution in [0.15, 0.2) is 18.2 Å². The smallest absolute Gasteiger partial charge is 0.109 e. The highest BCUT2D eigenvalue weighted by atomic mass is 16.3. The minimum Gasteiger partial charge on any atom is -0.383 e. The molecule has 2 saturated heterocycles. The maximum absolute atomic E-state index is 10.7. The number of hydrogen-bond donors (Lipinski definition) is 2. The van der Waals surface area contributed by atoms with Crippen molar-refractivity contribution in [2.24, 2.45) is 0 Å². The number of hydrogen-bond acceptors (Lipinski definition) is 3. The minimum atomic E-state index is -0.705. The summed E-state index contributed by atoms with van der Waals surface area (Å²) in [4.78, 5) is 4.49. The Hall–Kier alpha value is -0.930. The molecule has 0 radical (unpaired) electrons. The molecule has 1 aromatic rings. The summed E-state index contributed by atoms with van der Waals surface area (Å²) in [7, 11) is 0. The fourth-order valence-electron chi connectivity index (χ4n) is 3.13. The first kappa shape index (κ1) is 10.2. The van der Waals surface area contributed by atoms with E-state index in [2.05, 4.69) is 10.3 Å². The van der Waals surface area contributed by atoms with E-state index in [9.17, 15) is 5.11 Å². The maximum Gasteiger partial charge on any atom is 0.109 e. The zero-order chi connectivity index (χ0) is 11.2. The van der Waals surface area contributed by atoms with Crippen LogP contribution in [0.2, 0.25) is 0 Å². The van der Waals surface area contributed by atoms with Crippen LogP contribution in [-0.4, -0.2) is 22.2 Å². The molecule has 0 spiro atoms. The molecule has 3 nitrogen and oxygen atoms in total. The third-order valence-electron chi connectivity index (χ3n) is 3.87. The fraction of sp³-hybridized carbons (Fsp3) is 0.615. The summed E-state index contributed by atoms with van der Waals surface area (Å²) >= 11 is 0. The number of rotatable bonds is 1. The van der Waals surface area contributed by atoms with Crippen LogP contribution in [0, 0.1) is 6.92 Å². The van der Waals surface area contributed by atoms with Gasteiger partial charge < -0.3 is 10.4 Å². The van der Waals surface area contributed by atoms with Crippen LogP contribution in [0.4, 0.5) is 0 Å². The van der Waals surface area contributed by atoms with Gasteiger partial charge in [-0.1, -0.05) is 6.07 Å². The van der Waals surface area contributed by atoms with Gasteiger partial charge in [-0.05, 0) is 44.7 Å². The standard InChI is InChI=1S/C13H18N2O/c1-9-3-2-4-12(14-9)13(16)7-10-5-6-11(8-13)15-10/h2-4,10-11,15-16H,5-8H2,1H3. The molecule has 86 valence electrons. The summed E-state index contributed by atoms with van der Waals surface area (Å²) in [6.45, 7) is 1.97. The van der Waals surface area contributed by atoms with Gasteiger partial charge in [0, 0.05) is 17.8 Å². The van der Waals surface area contributed by atoms with Gasteiger partial charge in [0.15, 0.2) is 0 Å². The number of aliphatic hydroxyl groups is 1. The zero-order valence-corrected chi connectivity index (χ0v) is 9.61. The Morgan fingerprint density at radius 2 is 2.00 bits per heavy atom. The van der Waals surface area contributed by atoms with Gasteiger partial charge in [0.25, 0.3) is 0 Å². The largest absolute Gasteiger partial charge is 0.383 e. The van der Waals surface area contributed by atoms with E-state index < -0.39 is 5.60 Å². The summed E-state index contributed by atoms with van der Waals surface area (Å²) < 4.78 is 0. The molecule has 2 unspecified atom stereocenters. The van der Waals surface area contributed by atoms with Crippen molar-refractivity contribution in [2.45, 2.75) is 50.3 Å². The van der Waals surface area contributed by atoms with E-state index >= 15 is 0 Å². The van der Waals surface area contributed by atoms with Crippen LogP contribution in [0.1, 0.15) is 37.1 Å². The van der Waals surface area contributed by atoms with Crippen LogP contribution in [0.3, 0.4) is 0 Å². The van der Waals surface area contributed by atoms with Crippen molar-refractivity contribution in [3.05, 3.63) is 29.6 Å². The van der Waals surface area contributed by atoms with Gasteiger partial charge in [-0.25, -0.2) is 0 Å². The van der Waals surface area contributed by atoms with Crippen molar-refractivity contribution in [2.75, 3.05) is 0 Å². The molecular formula is C13H18N2O. The van der Waals surface area contributed by atoms with Gasteiger partial charge in [0.05, 0.1) is 5.69 Å². The summed E-state index contributed by atoms with van der Waals surface area (Å²) in [5, 5.41) is 14.3. The monoisotopic (exact) mass is 218 g/mol. The second-order valence-electron chi connectivity index (χ2n) is 5.24. The van der Waals surface area contributed by atoms with Crippen molar-refractivity contribution in [1.82, 2.24) is 10.3 Å². The summed E-state index contributed by atoms with van der Waals surface area (Å²) in [5.74, 6) is 0. The molecule has 2 aliphatic rings. The van der Waals surface area contributed by atoms with Crippen LogP contribution in [0.5, 0.6) is 0 Å². The summed E-state index contributed by atoms with van der Waals surface area (Å²) in [6, 6.07) is 6.87. The van der Waals surface area contributed by atoms with Crippen LogP contribution >= 0.6 is 0 Å². The van der Waals surface area contributed by atoms with Crippen molar-refractivity contribution in [3.8, 4) is 0 Å². The second-order valence-corrected chi connectivity index (χ2v) is 5.24. The van der Waals surface area contributed by atoms with Crippen molar-refractivity contribution >= 4 is 0 Å². The van der Waals surface area contributed by atoms with E-state index in [1.165, 1.54) is 12.8 Å². The van der Waals surface area contributed by atoms with Gasteiger partial charge >= 0.3 is 0 Å². The van der Waals surface area contributed by atoms with E-state index in [-0.39, 0.29) is 0 Å². The van der Waals surface area contributed by atoms with Gasteiger partial charge in [-0.3, -0.25) is 4.98 Å². The lowest BCUT2D eigenvalue weighted by atomic mass is 9.84. The van der Waals surface area contributed by atoms with E-state index in [1.807, 2.05) is 25.1 Å². The lowest BCUT2D eigenvalue weighted by Gasteiger charge is -2.36. The highest BCUT2D eigenvalue weighted by Crippen LogP contribution is 2.39. The SMILES string of the molecule is Cc1cccc(C2(O)CC3CCC(C2)N3)n1. The Morgan fingerprint density at radius 3 is 2.62 bits per heavy atom. The van der Waals surface area contributed by atoms with Crippen molar-refractivity contribution in [1.29, 1.82) is 0 Å². The van der Waals surface area contributed by atoms with Gasteiger partial charge in [0.2, 0.25) is 0 Å². The first-order valence-corrected chi connectivity index (χ1v) is 6.08. The molecule has 2 bridgehead atoms. The lowest BCUT2D eigenvalue weighted by molar-refractivity contribution is -0.0153. The van der Waals surface area contributed by atoms with Gasteiger partial charge in [-0.15, -0.1) is 0 Å². The Kier molecular flexibility index (Phi) is 2.26. The van der Waals surface area contributed by atoms with Gasteiger partial charge in [-0.2, -0.15) is 0 Å². The van der Waals surface area contributed by atoms with Crippen molar-refractivity contribution < 1.29 is 5.11 Å². The van der Waals surface area contributed by atoms with Crippen LogP contribution < -0.4 is 5.32 Å². The fourth-order valence-corrected chi connectivity index (χ4v) is 3.13. The third-order valence-corrected chi connectivity index (χ3v) is 3.87. The number of aryl methyl sites for hydroxylation is 1. The second kappa shape index (κ2) is 3.54. The maximum atomic E-state index is 10.7. The molecule has 2 aliphatic heterocycles. The van der Waals surface area contributed by atoms with Crippen LogP contribution in [0.25, 0.3) is 0 Å². The number of pyridine rings is 1. The normalized spacial score (nSPS) is 37.6. The average molecular weight is 218 g/mol. The molecule has 3 heterocycles.